The SMILES string of the molecule is CCCNCc1ccc(N(C)Cc2cccc(C)n2)cc1. The summed E-state index contributed by atoms with van der Waals surface area (Å²) in [6.07, 6.45) is 1.17. The van der Waals surface area contributed by atoms with Gasteiger partial charge in [0.1, 0.15) is 0 Å². The van der Waals surface area contributed by atoms with Gasteiger partial charge < -0.3 is 10.2 Å². The summed E-state index contributed by atoms with van der Waals surface area (Å²) in [5.41, 5.74) is 4.72. The summed E-state index contributed by atoms with van der Waals surface area (Å²) in [4.78, 5) is 6.78. The minimum absolute atomic E-state index is 0.828. The first-order valence-electron chi connectivity index (χ1n) is 7.62. The Balaban J connectivity index is 1.94. The van der Waals surface area contributed by atoms with Gasteiger partial charge >= 0.3 is 0 Å². The van der Waals surface area contributed by atoms with Crippen LogP contribution in [0.1, 0.15) is 30.3 Å². The van der Waals surface area contributed by atoms with Crippen LogP contribution in [0.2, 0.25) is 0 Å². The largest absolute Gasteiger partial charge is 0.369 e. The minimum Gasteiger partial charge on any atom is -0.369 e. The Hall–Kier alpha value is -1.87. The van der Waals surface area contributed by atoms with E-state index in [4.69, 9.17) is 0 Å². The van der Waals surface area contributed by atoms with Crippen LogP contribution >= 0.6 is 0 Å². The zero-order valence-corrected chi connectivity index (χ0v) is 13.3. The first-order valence-corrected chi connectivity index (χ1v) is 7.62. The van der Waals surface area contributed by atoms with Crippen molar-refractivity contribution in [2.24, 2.45) is 0 Å². The number of nitrogens with one attached hydrogen (secondary N) is 1. The topological polar surface area (TPSA) is 28.2 Å². The molecule has 0 bridgehead atoms. The summed E-state index contributed by atoms with van der Waals surface area (Å²) >= 11 is 0. The zero-order chi connectivity index (χ0) is 15.1. The number of aromatic nitrogens is 1. The van der Waals surface area contributed by atoms with Crippen LogP contribution in [-0.4, -0.2) is 18.6 Å². The molecule has 0 amide bonds. The van der Waals surface area contributed by atoms with Gasteiger partial charge in [-0.05, 0) is 49.7 Å². The highest BCUT2D eigenvalue weighted by atomic mass is 15.1. The molecule has 0 saturated heterocycles. The number of hydrogen-bond donors (Lipinski definition) is 1. The minimum atomic E-state index is 0.828. The smallest absolute Gasteiger partial charge is 0.0600 e. The molecule has 0 aliphatic heterocycles. The standard InChI is InChI=1S/C18H25N3/c1-4-12-19-13-16-8-10-18(11-9-16)21(3)14-17-7-5-6-15(2)20-17/h5-11,19H,4,12-14H2,1-3H3. The molecule has 21 heavy (non-hydrogen) atoms. The molecule has 0 spiro atoms. The molecule has 0 aliphatic carbocycles. The van der Waals surface area contributed by atoms with E-state index < -0.39 is 0 Å². The summed E-state index contributed by atoms with van der Waals surface area (Å²) in [6.45, 7) is 7.05. The van der Waals surface area contributed by atoms with Gasteiger partial charge in [0.05, 0.1) is 12.2 Å². The molecule has 0 radical (unpaired) electrons. The van der Waals surface area contributed by atoms with Gasteiger partial charge in [-0.2, -0.15) is 0 Å². The van der Waals surface area contributed by atoms with Crippen molar-refractivity contribution in [3.8, 4) is 0 Å². The molecule has 0 unspecified atom stereocenters. The second-order valence-corrected chi connectivity index (χ2v) is 5.47. The van der Waals surface area contributed by atoms with E-state index in [2.05, 4.69) is 65.6 Å². The van der Waals surface area contributed by atoms with Crippen molar-refractivity contribution in [1.82, 2.24) is 10.3 Å². The maximum absolute atomic E-state index is 4.55. The number of anilines is 1. The molecule has 1 heterocycles. The third kappa shape index (κ3) is 4.87. The molecule has 3 heteroatoms. The van der Waals surface area contributed by atoms with Gasteiger partial charge in [-0.25, -0.2) is 0 Å². The maximum atomic E-state index is 4.55. The lowest BCUT2D eigenvalue weighted by molar-refractivity contribution is 0.675. The van der Waals surface area contributed by atoms with Crippen molar-refractivity contribution < 1.29 is 0 Å². The van der Waals surface area contributed by atoms with Gasteiger partial charge in [0.2, 0.25) is 0 Å². The van der Waals surface area contributed by atoms with Crippen LogP contribution in [0.15, 0.2) is 42.5 Å². The van der Waals surface area contributed by atoms with Crippen LogP contribution in [0.5, 0.6) is 0 Å². The summed E-state index contributed by atoms with van der Waals surface area (Å²) in [5.74, 6) is 0. The van der Waals surface area contributed by atoms with Gasteiger partial charge in [-0.15, -0.1) is 0 Å². The van der Waals surface area contributed by atoms with Gasteiger partial charge in [-0.1, -0.05) is 25.1 Å². The lowest BCUT2D eigenvalue weighted by Crippen LogP contribution is -2.18. The molecule has 0 saturated carbocycles. The van der Waals surface area contributed by atoms with Crippen molar-refractivity contribution in [3.63, 3.8) is 0 Å². The lowest BCUT2D eigenvalue weighted by Gasteiger charge is -2.19. The van der Waals surface area contributed by atoms with Crippen LogP contribution in [0.3, 0.4) is 0 Å². The van der Waals surface area contributed by atoms with E-state index in [1.807, 2.05) is 13.0 Å². The predicted octanol–water partition coefficient (Wildman–Crippen LogP) is 3.53. The van der Waals surface area contributed by atoms with Crippen LogP contribution in [0.4, 0.5) is 5.69 Å². The van der Waals surface area contributed by atoms with Crippen LogP contribution < -0.4 is 10.2 Å². The summed E-state index contributed by atoms with van der Waals surface area (Å²) in [6, 6.07) is 14.9. The number of benzene rings is 1. The molecule has 3 nitrogen and oxygen atoms in total. The Morgan fingerprint density at radius 1 is 1.10 bits per heavy atom. The lowest BCUT2D eigenvalue weighted by atomic mass is 10.2. The van der Waals surface area contributed by atoms with E-state index in [9.17, 15) is 0 Å². The number of nitrogens with zero attached hydrogens (tertiary/aromatic N) is 2. The van der Waals surface area contributed by atoms with Crippen LogP contribution in [0.25, 0.3) is 0 Å². The van der Waals surface area contributed by atoms with Gasteiger partial charge in [0.25, 0.3) is 0 Å². The van der Waals surface area contributed by atoms with Gasteiger partial charge in [0.15, 0.2) is 0 Å². The molecule has 2 rings (SSSR count). The number of rotatable bonds is 7. The fraction of sp³-hybridized carbons (Fsp3) is 0.389. The van der Waals surface area contributed by atoms with E-state index in [0.717, 1.165) is 31.0 Å². The average Bonchev–Trinajstić information content (AvgIpc) is 2.48. The molecule has 2 aromatic rings. The van der Waals surface area contributed by atoms with E-state index in [0.29, 0.717) is 0 Å². The monoisotopic (exact) mass is 283 g/mol. The maximum Gasteiger partial charge on any atom is 0.0600 e. The van der Waals surface area contributed by atoms with E-state index >= 15 is 0 Å². The molecule has 0 aliphatic rings. The van der Waals surface area contributed by atoms with E-state index in [-0.39, 0.29) is 0 Å². The van der Waals surface area contributed by atoms with Crippen molar-refractivity contribution in [3.05, 3.63) is 59.4 Å². The Labute approximate surface area is 128 Å². The van der Waals surface area contributed by atoms with Crippen molar-refractivity contribution in [2.45, 2.75) is 33.4 Å². The molecule has 112 valence electrons. The molecule has 1 aromatic heterocycles. The fourth-order valence-electron chi connectivity index (χ4n) is 2.30. The van der Waals surface area contributed by atoms with E-state index in [1.54, 1.807) is 0 Å². The quantitative estimate of drug-likeness (QED) is 0.788. The normalized spacial score (nSPS) is 10.6. The summed E-state index contributed by atoms with van der Waals surface area (Å²) in [5, 5.41) is 3.42. The molecule has 0 atom stereocenters. The Bertz CT molecular complexity index is 549. The zero-order valence-electron chi connectivity index (χ0n) is 13.3. The Kier molecular flexibility index (Phi) is 5.76. The second kappa shape index (κ2) is 7.79. The number of hydrogen-bond acceptors (Lipinski definition) is 3. The number of aryl methyl sites for hydroxylation is 1. The average molecular weight is 283 g/mol. The second-order valence-electron chi connectivity index (χ2n) is 5.47. The molecule has 1 N–H and O–H groups in total. The molecular formula is C18H25N3. The van der Waals surface area contributed by atoms with Crippen LogP contribution in [0, 0.1) is 6.92 Å². The van der Waals surface area contributed by atoms with Crippen molar-refractivity contribution in [2.75, 3.05) is 18.5 Å². The molecular weight excluding hydrogens is 258 g/mol. The van der Waals surface area contributed by atoms with Crippen molar-refractivity contribution >= 4 is 5.69 Å². The predicted molar refractivity (Wildman–Crippen MR) is 89.5 cm³/mol. The fourth-order valence-corrected chi connectivity index (χ4v) is 2.30. The summed E-state index contributed by atoms with van der Waals surface area (Å²) < 4.78 is 0. The van der Waals surface area contributed by atoms with Crippen LogP contribution in [-0.2, 0) is 13.1 Å². The first kappa shape index (κ1) is 15.5. The van der Waals surface area contributed by atoms with E-state index in [1.165, 1.54) is 17.7 Å². The third-order valence-electron chi connectivity index (χ3n) is 3.48. The Morgan fingerprint density at radius 2 is 1.86 bits per heavy atom. The van der Waals surface area contributed by atoms with Crippen molar-refractivity contribution in [1.29, 1.82) is 0 Å². The number of pyridine rings is 1. The third-order valence-corrected chi connectivity index (χ3v) is 3.48. The first-order chi connectivity index (χ1) is 10.2. The molecule has 0 fully saturated rings. The van der Waals surface area contributed by atoms with Gasteiger partial charge in [-0.3, -0.25) is 4.98 Å². The molecule has 1 aromatic carbocycles. The van der Waals surface area contributed by atoms with Gasteiger partial charge in [0, 0.05) is 25.0 Å². The summed E-state index contributed by atoms with van der Waals surface area (Å²) in [7, 11) is 2.11. The highest BCUT2D eigenvalue weighted by Gasteiger charge is 2.03. The highest BCUT2D eigenvalue weighted by Crippen LogP contribution is 2.16. The Morgan fingerprint density at radius 3 is 2.52 bits per heavy atom. The highest BCUT2D eigenvalue weighted by molar-refractivity contribution is 5.47.